The molecule has 1 spiro atoms. The number of methoxy groups -OCH3 is 2. The Morgan fingerprint density at radius 3 is 2.40 bits per heavy atom. The minimum Gasteiger partial charge on any atom is -0.497 e. The lowest BCUT2D eigenvalue weighted by atomic mass is 9.73. The molecule has 2 aromatic rings. The summed E-state index contributed by atoms with van der Waals surface area (Å²) >= 11 is 3.66. The summed E-state index contributed by atoms with van der Waals surface area (Å²) in [6.45, 7) is 2.14. The van der Waals surface area contributed by atoms with Gasteiger partial charge >= 0.3 is 5.97 Å². The molecule has 2 aliphatic heterocycles. The van der Waals surface area contributed by atoms with Crippen LogP contribution in [0.15, 0.2) is 40.9 Å². The summed E-state index contributed by atoms with van der Waals surface area (Å²) in [4.78, 5) is 30.1. The molecule has 2 heterocycles. The number of piperidine rings is 1. The zero-order chi connectivity index (χ0) is 21.5. The predicted octanol–water partition coefficient (Wildman–Crippen LogP) is 3.75. The number of carbonyl (C=O) groups is 2. The highest BCUT2D eigenvalue weighted by molar-refractivity contribution is 9.10. The maximum Gasteiger partial charge on any atom is 0.337 e. The number of esters is 1. The second-order valence-electron chi connectivity index (χ2n) is 7.97. The highest BCUT2D eigenvalue weighted by atomic mass is 79.9. The summed E-state index contributed by atoms with van der Waals surface area (Å²) in [5.41, 5.74) is 2.64. The van der Waals surface area contributed by atoms with Crippen LogP contribution in [0, 0.1) is 0 Å². The van der Waals surface area contributed by atoms with Gasteiger partial charge in [0, 0.05) is 10.0 Å². The fourth-order valence-corrected chi connectivity index (χ4v) is 5.35. The Labute approximate surface area is 184 Å². The van der Waals surface area contributed by atoms with Crippen LogP contribution >= 0.6 is 15.9 Å². The number of halogens is 1. The minimum atomic E-state index is -0.568. The number of amides is 1. The Morgan fingerprint density at radius 1 is 1.13 bits per heavy atom. The average molecular weight is 473 g/mol. The third-order valence-electron chi connectivity index (χ3n) is 6.25. The summed E-state index contributed by atoms with van der Waals surface area (Å²) in [7, 11) is 5.07. The highest BCUT2D eigenvalue weighted by Crippen LogP contribution is 2.51. The summed E-state index contributed by atoms with van der Waals surface area (Å²) in [6.07, 6.45) is 1.51. The number of anilines is 1. The van der Waals surface area contributed by atoms with Crippen molar-refractivity contribution in [1.29, 1.82) is 0 Å². The number of nitrogens with zero attached hydrogens (tertiary/aromatic N) is 2. The number of benzene rings is 2. The van der Waals surface area contributed by atoms with E-state index in [0.717, 1.165) is 53.0 Å². The van der Waals surface area contributed by atoms with Crippen LogP contribution in [0.3, 0.4) is 0 Å². The van der Waals surface area contributed by atoms with E-state index in [2.05, 4.69) is 27.9 Å². The molecule has 2 aromatic carbocycles. The van der Waals surface area contributed by atoms with Crippen LogP contribution in [0.5, 0.6) is 5.75 Å². The van der Waals surface area contributed by atoms with Gasteiger partial charge in [-0.2, -0.15) is 0 Å². The second-order valence-corrected chi connectivity index (χ2v) is 8.82. The third-order valence-corrected chi connectivity index (χ3v) is 6.88. The molecule has 30 heavy (non-hydrogen) atoms. The van der Waals surface area contributed by atoms with Gasteiger partial charge in [-0.3, -0.25) is 4.79 Å². The Bertz CT molecular complexity index is 981. The van der Waals surface area contributed by atoms with E-state index in [-0.39, 0.29) is 5.91 Å². The van der Waals surface area contributed by atoms with Gasteiger partial charge in [-0.1, -0.05) is 28.1 Å². The van der Waals surface area contributed by atoms with Crippen molar-refractivity contribution in [2.24, 2.45) is 0 Å². The molecule has 4 rings (SSSR count). The third kappa shape index (κ3) is 3.40. The van der Waals surface area contributed by atoms with Gasteiger partial charge in [0.25, 0.3) is 0 Å². The number of ether oxygens (including phenoxy) is 2. The second kappa shape index (κ2) is 8.04. The number of hydrogen-bond donors (Lipinski definition) is 0. The van der Waals surface area contributed by atoms with E-state index in [1.54, 1.807) is 19.2 Å². The molecule has 1 amide bonds. The van der Waals surface area contributed by atoms with Crippen molar-refractivity contribution in [1.82, 2.24) is 4.90 Å². The largest absolute Gasteiger partial charge is 0.497 e. The van der Waals surface area contributed by atoms with Crippen molar-refractivity contribution in [3.05, 3.63) is 57.6 Å². The molecule has 0 radical (unpaired) electrons. The van der Waals surface area contributed by atoms with E-state index in [1.165, 1.54) is 7.11 Å². The van der Waals surface area contributed by atoms with Gasteiger partial charge in [-0.05, 0) is 62.8 Å². The topological polar surface area (TPSA) is 59.1 Å². The molecule has 158 valence electrons. The van der Waals surface area contributed by atoms with E-state index < -0.39 is 11.4 Å². The molecule has 0 aromatic heterocycles. The zero-order valence-electron chi connectivity index (χ0n) is 17.4. The lowest BCUT2D eigenvalue weighted by Gasteiger charge is -2.37. The molecule has 0 N–H and O–H groups in total. The van der Waals surface area contributed by atoms with Gasteiger partial charge in [0.15, 0.2) is 0 Å². The molecule has 1 saturated heterocycles. The van der Waals surface area contributed by atoms with Gasteiger partial charge in [-0.25, -0.2) is 4.79 Å². The number of rotatable bonds is 4. The molecule has 0 aliphatic carbocycles. The van der Waals surface area contributed by atoms with E-state index in [0.29, 0.717) is 12.1 Å². The number of likely N-dealkylation sites (tertiary alicyclic amines) is 1. The van der Waals surface area contributed by atoms with Gasteiger partial charge in [0.1, 0.15) is 5.75 Å². The maximum absolute atomic E-state index is 13.8. The fourth-order valence-electron chi connectivity index (χ4n) is 4.52. The molecular formula is C23H25BrN2O4. The van der Waals surface area contributed by atoms with Crippen molar-refractivity contribution in [2.75, 3.05) is 39.3 Å². The van der Waals surface area contributed by atoms with Crippen molar-refractivity contribution in [2.45, 2.75) is 24.8 Å². The first-order valence-electron chi connectivity index (χ1n) is 9.95. The first kappa shape index (κ1) is 20.9. The van der Waals surface area contributed by atoms with E-state index in [1.807, 2.05) is 29.2 Å². The van der Waals surface area contributed by atoms with Crippen molar-refractivity contribution < 1.29 is 19.1 Å². The first-order chi connectivity index (χ1) is 14.4. The van der Waals surface area contributed by atoms with Crippen molar-refractivity contribution in [3.63, 3.8) is 0 Å². The molecule has 0 atom stereocenters. The van der Waals surface area contributed by atoms with Crippen molar-refractivity contribution in [3.8, 4) is 5.75 Å². The van der Waals surface area contributed by atoms with Crippen LogP contribution in [0.4, 0.5) is 5.69 Å². The van der Waals surface area contributed by atoms with Gasteiger partial charge in [0.2, 0.25) is 5.91 Å². The molecule has 6 nitrogen and oxygen atoms in total. The molecular weight excluding hydrogens is 448 g/mol. The van der Waals surface area contributed by atoms with Crippen molar-refractivity contribution >= 4 is 33.5 Å². The summed E-state index contributed by atoms with van der Waals surface area (Å²) in [6, 6.07) is 11.3. The van der Waals surface area contributed by atoms with Gasteiger partial charge < -0.3 is 19.3 Å². The van der Waals surface area contributed by atoms with E-state index in [9.17, 15) is 9.59 Å². The number of fused-ring (bicyclic) bond motifs is 2. The standard InChI is InChI=1S/C23H25BrN2O4/c1-25-10-8-23(9-11-25)20-18(24)12-16(21(27)30-3)13-19(20)26(22(23)28)14-15-4-6-17(29-2)7-5-15/h4-7,12-13H,8-11,14H2,1-3H3. The summed E-state index contributed by atoms with van der Waals surface area (Å²) < 4.78 is 11.0. The average Bonchev–Trinajstić information content (AvgIpc) is 2.98. The zero-order valence-corrected chi connectivity index (χ0v) is 19.0. The molecule has 7 heteroatoms. The van der Waals surface area contributed by atoms with Gasteiger partial charge in [-0.15, -0.1) is 0 Å². The van der Waals surface area contributed by atoms with Gasteiger partial charge in [0.05, 0.1) is 37.4 Å². The lowest BCUT2D eigenvalue weighted by Crippen LogP contribution is -2.47. The molecule has 0 unspecified atom stereocenters. The van der Waals surface area contributed by atoms with Crippen LogP contribution < -0.4 is 9.64 Å². The van der Waals surface area contributed by atoms with E-state index in [4.69, 9.17) is 9.47 Å². The Balaban J connectivity index is 1.80. The van der Waals surface area contributed by atoms with Crippen LogP contribution in [-0.2, 0) is 21.5 Å². The molecule has 0 bridgehead atoms. The Hall–Kier alpha value is -2.38. The number of hydrogen-bond acceptors (Lipinski definition) is 5. The molecule has 2 aliphatic rings. The predicted molar refractivity (Wildman–Crippen MR) is 118 cm³/mol. The normalized spacial score (nSPS) is 17.9. The smallest absolute Gasteiger partial charge is 0.337 e. The SMILES string of the molecule is COC(=O)c1cc(Br)c2c(c1)N(Cc1ccc(OC)cc1)C(=O)C21CCN(C)CC1. The first-order valence-corrected chi connectivity index (χ1v) is 10.7. The molecule has 0 saturated carbocycles. The van der Waals surface area contributed by atoms with Crippen LogP contribution in [0.1, 0.15) is 34.3 Å². The Kier molecular flexibility index (Phi) is 5.59. The maximum atomic E-state index is 13.8. The quantitative estimate of drug-likeness (QED) is 0.634. The van der Waals surface area contributed by atoms with Crippen LogP contribution in [0.2, 0.25) is 0 Å². The van der Waals surface area contributed by atoms with Crippen LogP contribution in [-0.4, -0.2) is 51.1 Å². The van der Waals surface area contributed by atoms with E-state index >= 15 is 0 Å². The number of carbonyl (C=O) groups excluding carboxylic acids is 2. The lowest BCUT2D eigenvalue weighted by molar-refractivity contribution is -0.124. The Morgan fingerprint density at radius 2 is 1.80 bits per heavy atom. The monoisotopic (exact) mass is 472 g/mol. The fraction of sp³-hybridized carbons (Fsp3) is 0.391. The van der Waals surface area contributed by atoms with Crippen LogP contribution in [0.25, 0.3) is 0 Å². The summed E-state index contributed by atoms with van der Waals surface area (Å²) in [5, 5.41) is 0. The molecule has 1 fully saturated rings. The summed E-state index contributed by atoms with van der Waals surface area (Å²) in [5.74, 6) is 0.457. The minimum absolute atomic E-state index is 0.101. The highest BCUT2D eigenvalue weighted by Gasteiger charge is 2.53.